The molecule has 0 atom stereocenters. The number of carbonyl (C=O) groups is 2. The Morgan fingerprint density at radius 2 is 2.11 bits per heavy atom. The van der Waals surface area contributed by atoms with Crippen molar-refractivity contribution < 1.29 is 19.2 Å². The van der Waals surface area contributed by atoms with Crippen LogP contribution in [0.5, 0.6) is 0 Å². The van der Waals surface area contributed by atoms with Gasteiger partial charge < -0.3 is 14.9 Å². The third-order valence-electron chi connectivity index (χ3n) is 3.51. The Hall–Kier alpha value is -1.85. The van der Waals surface area contributed by atoms with Gasteiger partial charge in [0.2, 0.25) is 5.91 Å². The topological polar surface area (TPSA) is 92.4 Å². The molecule has 0 saturated heterocycles. The molecule has 0 bridgehead atoms. The van der Waals surface area contributed by atoms with Crippen LogP contribution in [-0.4, -0.2) is 27.7 Å². The number of amides is 1. The second kappa shape index (κ2) is 4.44. The van der Waals surface area contributed by atoms with Gasteiger partial charge in [-0.05, 0) is 33.1 Å². The Labute approximate surface area is 104 Å². The van der Waals surface area contributed by atoms with Gasteiger partial charge in [-0.1, -0.05) is 5.16 Å². The van der Waals surface area contributed by atoms with Crippen molar-refractivity contribution in [1.29, 1.82) is 0 Å². The van der Waals surface area contributed by atoms with Crippen molar-refractivity contribution in [3.63, 3.8) is 0 Å². The number of nitrogens with zero attached hydrogens (tertiary/aromatic N) is 1. The molecule has 1 aliphatic carbocycles. The molecule has 1 aromatic heterocycles. The van der Waals surface area contributed by atoms with Crippen molar-refractivity contribution in [2.75, 3.05) is 0 Å². The van der Waals surface area contributed by atoms with Crippen LogP contribution in [0.1, 0.15) is 36.3 Å². The van der Waals surface area contributed by atoms with Crippen LogP contribution in [0.3, 0.4) is 0 Å². The van der Waals surface area contributed by atoms with Gasteiger partial charge in [-0.25, -0.2) is 4.79 Å². The van der Waals surface area contributed by atoms with Crippen LogP contribution in [0.15, 0.2) is 4.52 Å². The molecule has 1 saturated carbocycles. The molecular formula is C12H16N2O4. The van der Waals surface area contributed by atoms with E-state index in [0.29, 0.717) is 24.3 Å². The van der Waals surface area contributed by atoms with Crippen molar-refractivity contribution >= 4 is 11.9 Å². The van der Waals surface area contributed by atoms with Gasteiger partial charge in [0.1, 0.15) is 11.3 Å². The highest BCUT2D eigenvalue weighted by molar-refractivity contribution is 5.88. The third-order valence-corrected chi connectivity index (χ3v) is 3.51. The Bertz CT molecular complexity index is 469. The normalized spacial score (nSPS) is 17.0. The highest BCUT2D eigenvalue weighted by atomic mass is 16.5. The smallest absolute Gasteiger partial charge is 0.329 e. The lowest BCUT2D eigenvalue weighted by atomic mass is 9.76. The van der Waals surface area contributed by atoms with E-state index in [1.165, 1.54) is 0 Å². The summed E-state index contributed by atoms with van der Waals surface area (Å²) < 4.78 is 4.97. The first kappa shape index (κ1) is 12.6. The van der Waals surface area contributed by atoms with E-state index in [2.05, 4.69) is 10.5 Å². The van der Waals surface area contributed by atoms with Crippen molar-refractivity contribution in [3.8, 4) is 0 Å². The summed E-state index contributed by atoms with van der Waals surface area (Å²) in [6.07, 6.45) is 1.93. The highest BCUT2D eigenvalue weighted by Gasteiger charge is 2.45. The zero-order valence-corrected chi connectivity index (χ0v) is 10.4. The standard InChI is InChI=1S/C12H16N2O4/c1-7-9(8(2)18-14-7)6-10(15)13-12(11(16)17)4-3-5-12/h3-6H2,1-2H3,(H,13,15)(H,16,17). The maximum Gasteiger partial charge on any atom is 0.329 e. The summed E-state index contributed by atoms with van der Waals surface area (Å²) in [5.41, 5.74) is 0.337. The molecule has 1 aliphatic rings. The number of nitrogens with one attached hydrogen (secondary N) is 1. The quantitative estimate of drug-likeness (QED) is 0.832. The average molecular weight is 252 g/mol. The molecule has 2 rings (SSSR count). The van der Waals surface area contributed by atoms with Crippen LogP contribution in [0, 0.1) is 13.8 Å². The third kappa shape index (κ3) is 2.10. The number of carboxylic acids is 1. The molecule has 0 spiro atoms. The fourth-order valence-electron chi connectivity index (χ4n) is 2.15. The number of hydrogen-bond acceptors (Lipinski definition) is 4. The number of rotatable bonds is 4. The van der Waals surface area contributed by atoms with Crippen LogP contribution < -0.4 is 5.32 Å². The van der Waals surface area contributed by atoms with E-state index in [1.807, 2.05) is 0 Å². The minimum Gasteiger partial charge on any atom is -0.480 e. The molecule has 6 nitrogen and oxygen atoms in total. The predicted molar refractivity (Wildman–Crippen MR) is 62.0 cm³/mol. The highest BCUT2D eigenvalue weighted by Crippen LogP contribution is 2.32. The molecular weight excluding hydrogens is 236 g/mol. The van der Waals surface area contributed by atoms with Gasteiger partial charge >= 0.3 is 5.97 Å². The Morgan fingerprint density at radius 3 is 2.50 bits per heavy atom. The number of carbonyl (C=O) groups excluding carboxylic acids is 1. The maximum absolute atomic E-state index is 11.9. The van der Waals surface area contributed by atoms with E-state index in [0.717, 1.165) is 12.0 Å². The molecule has 0 unspecified atom stereocenters. The van der Waals surface area contributed by atoms with E-state index < -0.39 is 11.5 Å². The molecule has 0 aromatic carbocycles. The lowest BCUT2D eigenvalue weighted by molar-refractivity contribution is -0.151. The fourth-order valence-corrected chi connectivity index (χ4v) is 2.15. The zero-order chi connectivity index (χ0) is 13.3. The minimum atomic E-state index is -1.06. The summed E-state index contributed by atoms with van der Waals surface area (Å²) in [5.74, 6) is -0.659. The molecule has 6 heteroatoms. The Kier molecular flexibility index (Phi) is 3.11. The number of aryl methyl sites for hydroxylation is 2. The molecule has 1 fully saturated rings. The summed E-state index contributed by atoms with van der Waals surface area (Å²) in [4.78, 5) is 23.0. The second-order valence-corrected chi connectivity index (χ2v) is 4.77. The lowest BCUT2D eigenvalue weighted by Gasteiger charge is -2.38. The molecule has 2 N–H and O–H groups in total. The number of carboxylic acid groups (broad SMARTS) is 1. The van der Waals surface area contributed by atoms with Gasteiger partial charge in [0.05, 0.1) is 12.1 Å². The van der Waals surface area contributed by atoms with Crippen LogP contribution in [-0.2, 0) is 16.0 Å². The predicted octanol–water partition coefficient (Wildman–Crippen LogP) is 0.957. The summed E-state index contributed by atoms with van der Waals surface area (Å²) in [6.45, 7) is 3.49. The first-order valence-electron chi connectivity index (χ1n) is 5.91. The molecule has 98 valence electrons. The summed E-state index contributed by atoms with van der Waals surface area (Å²) >= 11 is 0. The average Bonchev–Trinajstić information content (AvgIpc) is 2.54. The number of aliphatic carboxylic acids is 1. The van der Waals surface area contributed by atoms with E-state index in [4.69, 9.17) is 9.63 Å². The van der Waals surface area contributed by atoms with Crippen LogP contribution in [0.2, 0.25) is 0 Å². The Morgan fingerprint density at radius 1 is 1.44 bits per heavy atom. The molecule has 1 amide bonds. The molecule has 0 aliphatic heterocycles. The van der Waals surface area contributed by atoms with Gasteiger partial charge in [-0.15, -0.1) is 0 Å². The van der Waals surface area contributed by atoms with E-state index in [-0.39, 0.29) is 12.3 Å². The number of aromatic nitrogens is 1. The van der Waals surface area contributed by atoms with Crippen molar-refractivity contribution in [3.05, 3.63) is 17.0 Å². The molecule has 1 heterocycles. The molecule has 18 heavy (non-hydrogen) atoms. The SMILES string of the molecule is Cc1noc(C)c1CC(=O)NC1(C(=O)O)CCC1. The Balaban J connectivity index is 2.03. The van der Waals surface area contributed by atoms with Gasteiger partial charge in [0.25, 0.3) is 0 Å². The fraction of sp³-hybridized carbons (Fsp3) is 0.583. The van der Waals surface area contributed by atoms with E-state index in [1.54, 1.807) is 13.8 Å². The van der Waals surface area contributed by atoms with Gasteiger partial charge in [-0.2, -0.15) is 0 Å². The largest absolute Gasteiger partial charge is 0.480 e. The maximum atomic E-state index is 11.9. The van der Waals surface area contributed by atoms with Gasteiger partial charge in [0, 0.05) is 5.56 Å². The van der Waals surface area contributed by atoms with Crippen LogP contribution in [0.4, 0.5) is 0 Å². The summed E-state index contributed by atoms with van der Waals surface area (Å²) in [6, 6.07) is 0. The first-order valence-corrected chi connectivity index (χ1v) is 5.91. The molecule has 1 aromatic rings. The zero-order valence-electron chi connectivity index (χ0n) is 10.4. The van der Waals surface area contributed by atoms with Crippen molar-refractivity contribution in [2.45, 2.75) is 45.1 Å². The second-order valence-electron chi connectivity index (χ2n) is 4.77. The van der Waals surface area contributed by atoms with Crippen LogP contribution >= 0.6 is 0 Å². The van der Waals surface area contributed by atoms with Crippen molar-refractivity contribution in [2.24, 2.45) is 0 Å². The van der Waals surface area contributed by atoms with Crippen molar-refractivity contribution in [1.82, 2.24) is 10.5 Å². The number of hydrogen-bond donors (Lipinski definition) is 2. The minimum absolute atomic E-state index is 0.107. The van der Waals surface area contributed by atoms with Gasteiger partial charge in [0.15, 0.2) is 0 Å². The summed E-state index contributed by atoms with van der Waals surface area (Å²) in [5, 5.41) is 15.5. The molecule has 0 radical (unpaired) electrons. The lowest BCUT2D eigenvalue weighted by Crippen LogP contribution is -2.59. The van der Waals surface area contributed by atoms with E-state index >= 15 is 0 Å². The summed E-state index contributed by atoms with van der Waals surface area (Å²) in [7, 11) is 0. The van der Waals surface area contributed by atoms with E-state index in [9.17, 15) is 9.59 Å². The van der Waals surface area contributed by atoms with Gasteiger partial charge in [-0.3, -0.25) is 4.79 Å². The van der Waals surface area contributed by atoms with Crippen LogP contribution in [0.25, 0.3) is 0 Å². The monoisotopic (exact) mass is 252 g/mol. The first-order chi connectivity index (χ1) is 8.44.